The van der Waals surface area contributed by atoms with Gasteiger partial charge in [0.05, 0.1) is 6.61 Å². The summed E-state index contributed by atoms with van der Waals surface area (Å²) in [4.78, 5) is 0. The van der Waals surface area contributed by atoms with Crippen LogP contribution >= 0.6 is 0 Å². The summed E-state index contributed by atoms with van der Waals surface area (Å²) in [6.45, 7) is 4.75. The van der Waals surface area contributed by atoms with Crippen LogP contribution in [0.1, 0.15) is 25.8 Å². The Morgan fingerprint density at radius 2 is 1.93 bits per heavy atom. The molecule has 0 saturated carbocycles. The standard InChI is InChI=1S/C12H19NO/c1-3-14-12-8-6-11(7-9-12)5-4-10(2)13/h6-10H,3-5,13H2,1-2H3/t10-/m0/s1. The molecule has 0 bridgehead atoms. The van der Waals surface area contributed by atoms with E-state index in [1.165, 1.54) is 5.56 Å². The van der Waals surface area contributed by atoms with Gasteiger partial charge in [-0.2, -0.15) is 0 Å². The Bertz CT molecular complexity index is 254. The number of hydrogen-bond acceptors (Lipinski definition) is 2. The SMILES string of the molecule is CCOc1ccc(CC[C@H](C)N)cc1. The summed E-state index contributed by atoms with van der Waals surface area (Å²) in [5.74, 6) is 0.942. The molecule has 0 aromatic heterocycles. The first-order chi connectivity index (χ1) is 6.72. The molecule has 2 N–H and O–H groups in total. The lowest BCUT2D eigenvalue weighted by atomic mass is 10.1. The first-order valence-electron chi connectivity index (χ1n) is 5.19. The molecule has 0 heterocycles. The minimum Gasteiger partial charge on any atom is -0.494 e. The molecular formula is C12H19NO. The van der Waals surface area contributed by atoms with Gasteiger partial charge in [0.15, 0.2) is 0 Å². The Labute approximate surface area is 86.1 Å². The number of rotatable bonds is 5. The van der Waals surface area contributed by atoms with Crippen molar-refractivity contribution >= 4 is 0 Å². The van der Waals surface area contributed by atoms with Gasteiger partial charge in [-0.25, -0.2) is 0 Å². The van der Waals surface area contributed by atoms with Gasteiger partial charge in [0.2, 0.25) is 0 Å². The molecule has 2 nitrogen and oxygen atoms in total. The van der Waals surface area contributed by atoms with E-state index in [1.54, 1.807) is 0 Å². The largest absolute Gasteiger partial charge is 0.494 e. The van der Waals surface area contributed by atoms with Crippen molar-refractivity contribution in [1.29, 1.82) is 0 Å². The number of nitrogens with two attached hydrogens (primary N) is 1. The van der Waals surface area contributed by atoms with Crippen LogP contribution in [0.15, 0.2) is 24.3 Å². The highest BCUT2D eigenvalue weighted by Crippen LogP contribution is 2.13. The highest BCUT2D eigenvalue weighted by molar-refractivity contribution is 5.27. The van der Waals surface area contributed by atoms with E-state index in [-0.39, 0.29) is 6.04 Å². The maximum atomic E-state index is 5.69. The molecule has 0 saturated heterocycles. The molecule has 78 valence electrons. The maximum Gasteiger partial charge on any atom is 0.119 e. The summed E-state index contributed by atoms with van der Waals surface area (Å²) < 4.78 is 5.36. The van der Waals surface area contributed by atoms with Gasteiger partial charge in [0.25, 0.3) is 0 Å². The van der Waals surface area contributed by atoms with Gasteiger partial charge in [-0.3, -0.25) is 0 Å². The molecule has 1 rings (SSSR count). The molecular weight excluding hydrogens is 174 g/mol. The van der Waals surface area contributed by atoms with Crippen LogP contribution in [0.4, 0.5) is 0 Å². The third-order valence-corrected chi connectivity index (χ3v) is 2.12. The van der Waals surface area contributed by atoms with Crippen LogP contribution in [0.2, 0.25) is 0 Å². The monoisotopic (exact) mass is 193 g/mol. The molecule has 2 heteroatoms. The average Bonchev–Trinajstić information content (AvgIpc) is 2.17. The third kappa shape index (κ3) is 3.79. The number of hydrogen-bond donors (Lipinski definition) is 1. The van der Waals surface area contributed by atoms with E-state index < -0.39 is 0 Å². The molecule has 14 heavy (non-hydrogen) atoms. The molecule has 0 aliphatic heterocycles. The Kier molecular flexibility index (Phi) is 4.47. The second kappa shape index (κ2) is 5.66. The molecule has 0 amide bonds. The topological polar surface area (TPSA) is 35.2 Å². The zero-order chi connectivity index (χ0) is 10.4. The van der Waals surface area contributed by atoms with Crippen molar-refractivity contribution in [2.24, 2.45) is 5.73 Å². The van der Waals surface area contributed by atoms with Crippen LogP contribution in [0.3, 0.4) is 0 Å². The van der Waals surface area contributed by atoms with Gasteiger partial charge < -0.3 is 10.5 Å². The lowest BCUT2D eigenvalue weighted by molar-refractivity contribution is 0.340. The Hall–Kier alpha value is -1.02. The summed E-state index contributed by atoms with van der Waals surface area (Å²) >= 11 is 0. The van der Waals surface area contributed by atoms with Crippen molar-refractivity contribution in [1.82, 2.24) is 0 Å². The van der Waals surface area contributed by atoms with Gasteiger partial charge in [-0.1, -0.05) is 12.1 Å². The second-order valence-corrected chi connectivity index (χ2v) is 3.59. The van der Waals surface area contributed by atoms with Crippen molar-refractivity contribution in [3.8, 4) is 5.75 Å². The zero-order valence-corrected chi connectivity index (χ0v) is 8.99. The minimum absolute atomic E-state index is 0.279. The highest BCUT2D eigenvalue weighted by atomic mass is 16.5. The van der Waals surface area contributed by atoms with E-state index in [9.17, 15) is 0 Å². The van der Waals surface area contributed by atoms with Crippen LogP contribution < -0.4 is 10.5 Å². The van der Waals surface area contributed by atoms with Crippen molar-refractivity contribution in [3.05, 3.63) is 29.8 Å². The van der Waals surface area contributed by atoms with E-state index in [4.69, 9.17) is 10.5 Å². The lowest BCUT2D eigenvalue weighted by Crippen LogP contribution is -2.15. The van der Waals surface area contributed by atoms with Crippen molar-refractivity contribution in [2.45, 2.75) is 32.7 Å². The van der Waals surface area contributed by atoms with Crippen LogP contribution in [-0.2, 0) is 6.42 Å². The predicted molar refractivity (Wildman–Crippen MR) is 59.6 cm³/mol. The maximum absolute atomic E-state index is 5.69. The predicted octanol–water partition coefficient (Wildman–Crippen LogP) is 2.37. The van der Waals surface area contributed by atoms with Gasteiger partial charge in [-0.15, -0.1) is 0 Å². The van der Waals surface area contributed by atoms with Crippen LogP contribution in [0.25, 0.3) is 0 Å². The highest BCUT2D eigenvalue weighted by Gasteiger charge is 1.97. The lowest BCUT2D eigenvalue weighted by Gasteiger charge is -2.06. The van der Waals surface area contributed by atoms with Crippen molar-refractivity contribution in [2.75, 3.05) is 6.61 Å². The smallest absolute Gasteiger partial charge is 0.119 e. The van der Waals surface area contributed by atoms with E-state index in [1.807, 2.05) is 26.0 Å². The molecule has 0 fully saturated rings. The Balaban J connectivity index is 2.46. The van der Waals surface area contributed by atoms with E-state index in [0.29, 0.717) is 0 Å². The minimum atomic E-state index is 0.279. The van der Waals surface area contributed by atoms with E-state index >= 15 is 0 Å². The van der Waals surface area contributed by atoms with Crippen molar-refractivity contribution in [3.63, 3.8) is 0 Å². The van der Waals surface area contributed by atoms with Gasteiger partial charge in [0, 0.05) is 6.04 Å². The normalized spacial score (nSPS) is 12.5. The molecule has 1 aromatic rings. The number of aryl methyl sites for hydroxylation is 1. The third-order valence-electron chi connectivity index (χ3n) is 2.12. The average molecular weight is 193 g/mol. The van der Waals surface area contributed by atoms with E-state index in [2.05, 4.69) is 12.1 Å². The first kappa shape index (κ1) is 11.1. The molecule has 0 aliphatic rings. The fourth-order valence-corrected chi connectivity index (χ4v) is 1.31. The first-order valence-corrected chi connectivity index (χ1v) is 5.19. The summed E-state index contributed by atoms with van der Waals surface area (Å²) in [6, 6.07) is 8.52. The molecule has 0 aliphatic carbocycles. The van der Waals surface area contributed by atoms with Crippen LogP contribution in [0, 0.1) is 0 Å². The molecule has 0 unspecified atom stereocenters. The van der Waals surface area contributed by atoms with Gasteiger partial charge >= 0.3 is 0 Å². The summed E-state index contributed by atoms with van der Waals surface area (Å²) in [5, 5.41) is 0. The van der Waals surface area contributed by atoms with Crippen LogP contribution in [-0.4, -0.2) is 12.6 Å². The Morgan fingerprint density at radius 1 is 1.29 bits per heavy atom. The summed E-state index contributed by atoms with van der Waals surface area (Å²) in [7, 11) is 0. The zero-order valence-electron chi connectivity index (χ0n) is 8.99. The van der Waals surface area contributed by atoms with Crippen molar-refractivity contribution < 1.29 is 4.74 Å². The molecule has 1 atom stereocenters. The van der Waals surface area contributed by atoms with E-state index in [0.717, 1.165) is 25.2 Å². The Morgan fingerprint density at radius 3 is 2.43 bits per heavy atom. The van der Waals surface area contributed by atoms with Gasteiger partial charge in [0.1, 0.15) is 5.75 Å². The summed E-state index contributed by atoms with van der Waals surface area (Å²) in [6.07, 6.45) is 2.08. The quantitative estimate of drug-likeness (QED) is 0.779. The fraction of sp³-hybridized carbons (Fsp3) is 0.500. The number of ether oxygens (including phenoxy) is 1. The second-order valence-electron chi connectivity index (χ2n) is 3.59. The summed E-state index contributed by atoms with van der Waals surface area (Å²) in [5.41, 5.74) is 7.02. The van der Waals surface area contributed by atoms with Gasteiger partial charge in [-0.05, 0) is 44.4 Å². The molecule has 0 radical (unpaired) electrons. The number of benzene rings is 1. The molecule has 0 spiro atoms. The van der Waals surface area contributed by atoms with Crippen LogP contribution in [0.5, 0.6) is 5.75 Å². The molecule has 1 aromatic carbocycles. The fourth-order valence-electron chi connectivity index (χ4n) is 1.31.